The summed E-state index contributed by atoms with van der Waals surface area (Å²) >= 11 is 0. The second kappa shape index (κ2) is 6.71. The Labute approximate surface area is 115 Å². The zero-order valence-electron chi connectivity index (χ0n) is 11.9. The molecule has 1 fully saturated rings. The lowest BCUT2D eigenvalue weighted by Gasteiger charge is -2.20. The maximum absolute atomic E-state index is 11.5. The molecule has 0 N–H and O–H groups in total. The molecule has 0 aromatic heterocycles. The third-order valence-electron chi connectivity index (χ3n) is 3.59. The summed E-state index contributed by atoms with van der Waals surface area (Å²) in [5.41, 5.74) is 0.674. The van der Waals surface area contributed by atoms with Crippen molar-refractivity contribution in [3.8, 4) is 5.75 Å². The topological polar surface area (TPSA) is 29.5 Å². The first-order valence-corrected chi connectivity index (χ1v) is 7.15. The van der Waals surface area contributed by atoms with Crippen LogP contribution in [-0.4, -0.2) is 36.9 Å². The van der Waals surface area contributed by atoms with Gasteiger partial charge in [0.25, 0.3) is 0 Å². The molecule has 0 unspecified atom stereocenters. The van der Waals surface area contributed by atoms with Gasteiger partial charge in [0.15, 0.2) is 5.78 Å². The number of hydrogen-bond acceptors (Lipinski definition) is 3. The van der Waals surface area contributed by atoms with Crippen LogP contribution in [0, 0.1) is 5.92 Å². The van der Waals surface area contributed by atoms with Crippen LogP contribution in [0.2, 0.25) is 0 Å². The van der Waals surface area contributed by atoms with Gasteiger partial charge in [-0.15, -0.1) is 0 Å². The minimum atomic E-state index is 0.0564. The molecule has 0 radical (unpaired) electrons. The Hall–Kier alpha value is -1.35. The number of Topliss-reactive ketones (excluding diaryl/α,β-unsaturated/α-hetero) is 1. The van der Waals surface area contributed by atoms with Gasteiger partial charge in [-0.1, -0.05) is 19.1 Å². The molecule has 19 heavy (non-hydrogen) atoms. The Morgan fingerprint density at radius 3 is 2.74 bits per heavy atom. The van der Waals surface area contributed by atoms with Gasteiger partial charge in [0.2, 0.25) is 0 Å². The van der Waals surface area contributed by atoms with Crippen LogP contribution in [0.15, 0.2) is 24.3 Å². The number of benzene rings is 1. The van der Waals surface area contributed by atoms with Gasteiger partial charge in [0.05, 0.1) is 5.56 Å². The summed E-state index contributed by atoms with van der Waals surface area (Å²) in [7, 11) is 0. The minimum Gasteiger partial charge on any atom is -0.491 e. The Kier molecular flexibility index (Phi) is 4.97. The van der Waals surface area contributed by atoms with Gasteiger partial charge in [-0.25, -0.2) is 0 Å². The van der Waals surface area contributed by atoms with Gasteiger partial charge < -0.3 is 4.74 Å². The van der Waals surface area contributed by atoms with Gasteiger partial charge in [-0.05, 0) is 44.4 Å². The number of rotatable bonds is 8. The molecule has 2 rings (SSSR count). The highest BCUT2D eigenvalue weighted by molar-refractivity contribution is 5.96. The van der Waals surface area contributed by atoms with Crippen molar-refractivity contribution in [2.75, 3.05) is 26.2 Å². The van der Waals surface area contributed by atoms with Crippen LogP contribution in [0.3, 0.4) is 0 Å². The lowest BCUT2D eigenvalue weighted by atomic mass is 10.1. The van der Waals surface area contributed by atoms with Gasteiger partial charge in [0.1, 0.15) is 12.4 Å². The third kappa shape index (κ3) is 4.35. The van der Waals surface area contributed by atoms with Crippen LogP contribution in [0.25, 0.3) is 0 Å². The van der Waals surface area contributed by atoms with E-state index in [1.54, 1.807) is 6.92 Å². The number of ether oxygens (including phenoxy) is 1. The SMILES string of the molecule is CCN(CCOc1ccccc1C(C)=O)CC1CC1. The van der Waals surface area contributed by atoms with Crippen molar-refractivity contribution in [2.24, 2.45) is 5.92 Å². The van der Waals surface area contributed by atoms with E-state index in [9.17, 15) is 4.79 Å². The van der Waals surface area contributed by atoms with E-state index in [1.807, 2.05) is 24.3 Å². The fourth-order valence-electron chi connectivity index (χ4n) is 2.21. The van der Waals surface area contributed by atoms with Crippen LogP contribution in [0.5, 0.6) is 5.75 Å². The predicted molar refractivity (Wildman–Crippen MR) is 76.8 cm³/mol. The van der Waals surface area contributed by atoms with Crippen LogP contribution < -0.4 is 4.74 Å². The molecular weight excluding hydrogens is 238 g/mol. The quantitative estimate of drug-likeness (QED) is 0.674. The fraction of sp³-hybridized carbons (Fsp3) is 0.562. The average Bonchev–Trinajstić information content (AvgIpc) is 3.22. The highest BCUT2D eigenvalue weighted by atomic mass is 16.5. The van der Waals surface area contributed by atoms with E-state index in [0.717, 1.165) is 19.0 Å². The summed E-state index contributed by atoms with van der Waals surface area (Å²) in [6, 6.07) is 7.46. The number of ketones is 1. The van der Waals surface area contributed by atoms with Crippen LogP contribution in [-0.2, 0) is 0 Å². The van der Waals surface area contributed by atoms with Crippen LogP contribution >= 0.6 is 0 Å². The van der Waals surface area contributed by atoms with Gasteiger partial charge in [-0.3, -0.25) is 9.69 Å². The molecule has 0 saturated heterocycles. The number of hydrogen-bond donors (Lipinski definition) is 0. The van der Waals surface area contributed by atoms with E-state index in [1.165, 1.54) is 19.4 Å². The lowest BCUT2D eigenvalue weighted by molar-refractivity contribution is 0.101. The van der Waals surface area contributed by atoms with Crippen molar-refractivity contribution < 1.29 is 9.53 Å². The van der Waals surface area contributed by atoms with E-state index in [4.69, 9.17) is 4.74 Å². The molecule has 0 amide bonds. The van der Waals surface area contributed by atoms with E-state index >= 15 is 0 Å². The molecule has 1 saturated carbocycles. The first-order valence-electron chi connectivity index (χ1n) is 7.15. The summed E-state index contributed by atoms with van der Waals surface area (Å²) in [6.45, 7) is 7.59. The number of carbonyl (C=O) groups is 1. The van der Waals surface area contributed by atoms with E-state index < -0.39 is 0 Å². The second-order valence-corrected chi connectivity index (χ2v) is 5.24. The Morgan fingerprint density at radius 2 is 2.11 bits per heavy atom. The highest BCUT2D eigenvalue weighted by Crippen LogP contribution is 2.29. The van der Waals surface area contributed by atoms with E-state index in [0.29, 0.717) is 17.9 Å². The van der Waals surface area contributed by atoms with E-state index in [2.05, 4.69) is 11.8 Å². The Bertz CT molecular complexity index is 427. The van der Waals surface area contributed by atoms with Crippen LogP contribution in [0.1, 0.15) is 37.0 Å². The lowest BCUT2D eigenvalue weighted by Crippen LogP contribution is -2.30. The molecule has 0 spiro atoms. The summed E-state index contributed by atoms with van der Waals surface area (Å²) in [6.07, 6.45) is 2.76. The van der Waals surface area contributed by atoms with Crippen molar-refractivity contribution in [1.29, 1.82) is 0 Å². The van der Waals surface area contributed by atoms with Crippen molar-refractivity contribution in [2.45, 2.75) is 26.7 Å². The molecule has 104 valence electrons. The average molecular weight is 261 g/mol. The monoisotopic (exact) mass is 261 g/mol. The molecule has 0 aliphatic heterocycles. The Balaban J connectivity index is 1.82. The van der Waals surface area contributed by atoms with Gasteiger partial charge in [0, 0.05) is 13.1 Å². The summed E-state index contributed by atoms with van der Waals surface area (Å²) < 4.78 is 5.77. The second-order valence-electron chi connectivity index (χ2n) is 5.24. The zero-order valence-corrected chi connectivity index (χ0v) is 11.9. The summed E-state index contributed by atoms with van der Waals surface area (Å²) in [5.74, 6) is 1.67. The first-order chi connectivity index (χ1) is 9.20. The molecule has 0 bridgehead atoms. The van der Waals surface area contributed by atoms with E-state index in [-0.39, 0.29) is 5.78 Å². The fourth-order valence-corrected chi connectivity index (χ4v) is 2.21. The molecule has 3 nitrogen and oxygen atoms in total. The van der Waals surface area contributed by atoms with Crippen LogP contribution in [0.4, 0.5) is 0 Å². The highest BCUT2D eigenvalue weighted by Gasteiger charge is 2.23. The molecule has 1 aromatic carbocycles. The standard InChI is InChI=1S/C16H23NO2/c1-3-17(12-14-8-9-14)10-11-19-16-7-5-4-6-15(16)13(2)18/h4-7,14H,3,8-12H2,1-2H3. The molecule has 3 heteroatoms. The molecule has 1 aliphatic rings. The van der Waals surface area contributed by atoms with Crippen molar-refractivity contribution in [3.05, 3.63) is 29.8 Å². The van der Waals surface area contributed by atoms with Gasteiger partial charge >= 0.3 is 0 Å². The largest absolute Gasteiger partial charge is 0.491 e. The van der Waals surface area contributed by atoms with Gasteiger partial charge in [-0.2, -0.15) is 0 Å². The minimum absolute atomic E-state index is 0.0564. The molecule has 0 heterocycles. The number of likely N-dealkylation sites (N-methyl/N-ethyl adjacent to an activating group) is 1. The molecule has 1 aliphatic carbocycles. The number of para-hydroxylation sites is 1. The third-order valence-corrected chi connectivity index (χ3v) is 3.59. The van der Waals surface area contributed by atoms with Crippen molar-refractivity contribution in [1.82, 2.24) is 4.90 Å². The summed E-state index contributed by atoms with van der Waals surface area (Å²) in [4.78, 5) is 13.9. The smallest absolute Gasteiger partial charge is 0.163 e. The predicted octanol–water partition coefficient (Wildman–Crippen LogP) is 3.00. The molecular formula is C16H23NO2. The summed E-state index contributed by atoms with van der Waals surface area (Å²) in [5, 5.41) is 0. The zero-order chi connectivity index (χ0) is 13.7. The number of nitrogens with zero attached hydrogens (tertiary/aromatic N) is 1. The molecule has 0 atom stereocenters. The normalized spacial score (nSPS) is 14.7. The van der Waals surface area contributed by atoms with Crippen molar-refractivity contribution >= 4 is 5.78 Å². The van der Waals surface area contributed by atoms with Crippen molar-refractivity contribution in [3.63, 3.8) is 0 Å². The maximum atomic E-state index is 11.5. The maximum Gasteiger partial charge on any atom is 0.163 e. The molecule has 1 aromatic rings. The Morgan fingerprint density at radius 1 is 1.37 bits per heavy atom. The number of carbonyl (C=O) groups excluding carboxylic acids is 1. The first kappa shape index (κ1) is 14.1.